The third kappa shape index (κ3) is 2.30. The predicted molar refractivity (Wildman–Crippen MR) is 69.1 cm³/mol. The maximum absolute atomic E-state index is 11.8. The monoisotopic (exact) mass is 231 g/mol. The number of nitrogens with one attached hydrogen (secondary N) is 1. The molecule has 1 aromatic heterocycles. The van der Waals surface area contributed by atoms with E-state index in [4.69, 9.17) is 0 Å². The number of carbonyl (C=O) groups excluding carboxylic acids is 1. The lowest BCUT2D eigenvalue weighted by molar-refractivity contribution is -0.117. The van der Waals surface area contributed by atoms with Gasteiger partial charge < -0.3 is 10.2 Å². The summed E-state index contributed by atoms with van der Waals surface area (Å²) in [5, 5.41) is 2.86. The van der Waals surface area contributed by atoms with Gasteiger partial charge in [-0.05, 0) is 26.8 Å². The highest BCUT2D eigenvalue weighted by Crippen LogP contribution is 2.30. The molecular weight excluding hydrogens is 214 g/mol. The number of allylic oxidation sites excluding steroid dienone is 1. The summed E-state index contributed by atoms with van der Waals surface area (Å²) in [6.07, 6.45) is 5.56. The molecule has 0 fully saturated rings. The minimum atomic E-state index is -0.152. The van der Waals surface area contributed by atoms with Crippen LogP contribution in [-0.4, -0.2) is 23.5 Å². The van der Waals surface area contributed by atoms with E-state index in [-0.39, 0.29) is 11.9 Å². The molecule has 1 atom stereocenters. The van der Waals surface area contributed by atoms with Crippen LogP contribution in [0.2, 0.25) is 0 Å². The third-order valence-electron chi connectivity index (χ3n) is 2.91. The SMILES string of the molecule is CC(C)=CCN1c2ccncc2NC(=O)[C@@H]1C. The van der Waals surface area contributed by atoms with Gasteiger partial charge in [0.1, 0.15) is 6.04 Å². The number of nitrogens with zero attached hydrogens (tertiary/aromatic N) is 2. The number of pyridine rings is 1. The molecule has 0 aliphatic carbocycles. The fraction of sp³-hybridized carbons (Fsp3) is 0.385. The molecule has 0 radical (unpaired) electrons. The van der Waals surface area contributed by atoms with Gasteiger partial charge in [-0.2, -0.15) is 0 Å². The Kier molecular flexibility index (Phi) is 3.13. The number of hydrogen-bond acceptors (Lipinski definition) is 3. The van der Waals surface area contributed by atoms with E-state index in [0.29, 0.717) is 0 Å². The van der Waals surface area contributed by atoms with Crippen molar-refractivity contribution in [3.8, 4) is 0 Å². The molecule has 4 nitrogen and oxygen atoms in total. The normalized spacial score (nSPS) is 18.4. The first-order chi connectivity index (χ1) is 8.09. The number of aromatic nitrogens is 1. The summed E-state index contributed by atoms with van der Waals surface area (Å²) in [7, 11) is 0. The summed E-state index contributed by atoms with van der Waals surface area (Å²) in [4.78, 5) is 17.9. The molecule has 0 unspecified atom stereocenters. The number of rotatable bonds is 2. The van der Waals surface area contributed by atoms with Gasteiger partial charge in [-0.1, -0.05) is 11.6 Å². The Morgan fingerprint density at radius 1 is 1.59 bits per heavy atom. The van der Waals surface area contributed by atoms with Crippen LogP contribution in [0.4, 0.5) is 11.4 Å². The van der Waals surface area contributed by atoms with E-state index in [1.807, 2.05) is 13.0 Å². The van der Waals surface area contributed by atoms with Crippen LogP contribution in [0.3, 0.4) is 0 Å². The molecule has 1 aliphatic rings. The highest BCUT2D eigenvalue weighted by molar-refractivity contribution is 6.03. The Morgan fingerprint density at radius 3 is 3.06 bits per heavy atom. The first kappa shape index (κ1) is 11.6. The van der Waals surface area contributed by atoms with Crippen molar-refractivity contribution in [1.82, 2.24) is 4.98 Å². The second-order valence-electron chi connectivity index (χ2n) is 4.49. The molecule has 1 aromatic rings. The molecule has 2 rings (SSSR count). The fourth-order valence-electron chi connectivity index (χ4n) is 1.86. The van der Waals surface area contributed by atoms with Gasteiger partial charge in [0, 0.05) is 12.7 Å². The minimum absolute atomic E-state index is 0.0210. The molecule has 2 heterocycles. The molecule has 4 heteroatoms. The number of hydrogen-bond donors (Lipinski definition) is 1. The zero-order chi connectivity index (χ0) is 12.4. The maximum atomic E-state index is 11.8. The van der Waals surface area contributed by atoms with Crippen LogP contribution in [0.5, 0.6) is 0 Å². The molecule has 17 heavy (non-hydrogen) atoms. The molecule has 0 aromatic carbocycles. The van der Waals surface area contributed by atoms with Crippen molar-refractivity contribution in [2.24, 2.45) is 0 Å². The van der Waals surface area contributed by atoms with E-state index in [9.17, 15) is 4.79 Å². The molecule has 1 N–H and O–H groups in total. The summed E-state index contributed by atoms with van der Waals surface area (Å²) in [5.41, 5.74) is 3.07. The number of amides is 1. The van der Waals surface area contributed by atoms with E-state index in [1.54, 1.807) is 12.4 Å². The number of anilines is 2. The number of carbonyl (C=O) groups is 1. The summed E-state index contributed by atoms with van der Waals surface area (Å²) >= 11 is 0. The van der Waals surface area contributed by atoms with Crippen LogP contribution in [-0.2, 0) is 4.79 Å². The van der Waals surface area contributed by atoms with Crippen molar-refractivity contribution in [2.45, 2.75) is 26.8 Å². The quantitative estimate of drug-likeness (QED) is 0.794. The first-order valence-electron chi connectivity index (χ1n) is 5.74. The van der Waals surface area contributed by atoms with Crippen LogP contribution in [0.15, 0.2) is 30.1 Å². The Bertz CT molecular complexity index is 463. The predicted octanol–water partition coefficient (Wildman–Crippen LogP) is 2.19. The Morgan fingerprint density at radius 2 is 2.35 bits per heavy atom. The third-order valence-corrected chi connectivity index (χ3v) is 2.91. The van der Waals surface area contributed by atoms with Crippen molar-refractivity contribution in [2.75, 3.05) is 16.8 Å². The van der Waals surface area contributed by atoms with Gasteiger partial charge in [-0.3, -0.25) is 9.78 Å². The highest BCUT2D eigenvalue weighted by atomic mass is 16.2. The molecule has 1 amide bonds. The average Bonchev–Trinajstić information content (AvgIpc) is 2.29. The van der Waals surface area contributed by atoms with Gasteiger partial charge in [0.05, 0.1) is 17.6 Å². The summed E-state index contributed by atoms with van der Waals surface area (Å²) in [5.74, 6) is 0.0210. The second-order valence-corrected chi connectivity index (χ2v) is 4.49. The van der Waals surface area contributed by atoms with E-state index >= 15 is 0 Å². The van der Waals surface area contributed by atoms with Gasteiger partial charge in [0.15, 0.2) is 0 Å². The van der Waals surface area contributed by atoms with Crippen LogP contribution < -0.4 is 10.2 Å². The Hall–Kier alpha value is -1.84. The summed E-state index contributed by atoms with van der Waals surface area (Å²) in [6.45, 7) is 6.77. The molecular formula is C13H17N3O. The zero-order valence-corrected chi connectivity index (χ0v) is 10.4. The van der Waals surface area contributed by atoms with Gasteiger partial charge >= 0.3 is 0 Å². The number of fused-ring (bicyclic) bond motifs is 1. The van der Waals surface area contributed by atoms with Crippen LogP contribution >= 0.6 is 0 Å². The average molecular weight is 231 g/mol. The summed E-state index contributed by atoms with van der Waals surface area (Å²) in [6, 6.07) is 1.78. The van der Waals surface area contributed by atoms with Crippen molar-refractivity contribution in [3.63, 3.8) is 0 Å². The van der Waals surface area contributed by atoms with Crippen molar-refractivity contribution >= 4 is 17.3 Å². The first-order valence-corrected chi connectivity index (χ1v) is 5.74. The van der Waals surface area contributed by atoms with Gasteiger partial charge in [0.25, 0.3) is 0 Å². The van der Waals surface area contributed by atoms with Crippen LogP contribution in [0, 0.1) is 0 Å². The topological polar surface area (TPSA) is 45.2 Å². The molecule has 0 bridgehead atoms. The van der Waals surface area contributed by atoms with Crippen molar-refractivity contribution < 1.29 is 4.79 Å². The van der Waals surface area contributed by atoms with E-state index in [2.05, 4.69) is 35.1 Å². The molecule has 0 saturated heterocycles. The largest absolute Gasteiger partial charge is 0.354 e. The summed E-state index contributed by atoms with van der Waals surface area (Å²) < 4.78 is 0. The smallest absolute Gasteiger partial charge is 0.246 e. The lowest BCUT2D eigenvalue weighted by Crippen LogP contribution is -2.46. The maximum Gasteiger partial charge on any atom is 0.246 e. The molecule has 0 saturated carbocycles. The lowest BCUT2D eigenvalue weighted by atomic mass is 10.1. The zero-order valence-electron chi connectivity index (χ0n) is 10.4. The highest BCUT2D eigenvalue weighted by Gasteiger charge is 2.28. The van der Waals surface area contributed by atoms with Crippen LogP contribution in [0.1, 0.15) is 20.8 Å². The molecule has 0 spiro atoms. The Balaban J connectivity index is 2.35. The fourth-order valence-corrected chi connectivity index (χ4v) is 1.86. The minimum Gasteiger partial charge on any atom is -0.354 e. The van der Waals surface area contributed by atoms with E-state index in [1.165, 1.54) is 5.57 Å². The molecule has 90 valence electrons. The molecule has 1 aliphatic heterocycles. The van der Waals surface area contributed by atoms with E-state index in [0.717, 1.165) is 17.9 Å². The van der Waals surface area contributed by atoms with Crippen LogP contribution in [0.25, 0.3) is 0 Å². The van der Waals surface area contributed by atoms with Gasteiger partial charge in [-0.25, -0.2) is 0 Å². The van der Waals surface area contributed by atoms with Gasteiger partial charge in [0.2, 0.25) is 5.91 Å². The Labute approximate surface area is 101 Å². The lowest BCUT2D eigenvalue weighted by Gasteiger charge is -2.35. The van der Waals surface area contributed by atoms with Crippen molar-refractivity contribution in [3.05, 3.63) is 30.1 Å². The van der Waals surface area contributed by atoms with Gasteiger partial charge in [-0.15, -0.1) is 0 Å². The standard InChI is InChI=1S/C13H17N3O/c1-9(2)5-7-16-10(3)13(17)15-11-8-14-6-4-12(11)16/h4-6,8,10H,7H2,1-3H3,(H,15,17)/t10-/m0/s1. The second kappa shape index (κ2) is 4.57. The van der Waals surface area contributed by atoms with E-state index < -0.39 is 0 Å². The van der Waals surface area contributed by atoms with Crippen molar-refractivity contribution in [1.29, 1.82) is 0 Å².